The van der Waals surface area contributed by atoms with Gasteiger partial charge in [-0.1, -0.05) is 32.9 Å². The van der Waals surface area contributed by atoms with E-state index < -0.39 is 0 Å². The molecule has 0 heterocycles. The fourth-order valence-electron chi connectivity index (χ4n) is 1.14. The summed E-state index contributed by atoms with van der Waals surface area (Å²) in [5, 5.41) is 0. The van der Waals surface area contributed by atoms with Crippen LogP contribution in [0.15, 0.2) is 12.2 Å². The molecule has 0 aromatic heterocycles. The van der Waals surface area contributed by atoms with Crippen molar-refractivity contribution in [3.05, 3.63) is 12.2 Å². The number of carbonyl (C=O) groups is 1. The Bertz CT molecular complexity index is 154. The van der Waals surface area contributed by atoms with E-state index in [4.69, 9.17) is 0 Å². The molecule has 0 aliphatic heterocycles. The highest BCUT2D eigenvalue weighted by Crippen LogP contribution is 2.22. The molecule has 0 fully saturated rings. The zero-order chi connectivity index (χ0) is 8.91. The van der Waals surface area contributed by atoms with Crippen molar-refractivity contribution in [1.82, 2.24) is 0 Å². The Balaban J connectivity index is 4.01. The smallest absolute Gasteiger partial charge is 0.133 e. The Morgan fingerprint density at radius 1 is 1.45 bits per heavy atom. The molecule has 0 aliphatic rings. The fraction of sp³-hybridized carbons (Fsp3) is 0.700. The largest absolute Gasteiger partial charge is 0.300 e. The molecule has 64 valence electrons. The zero-order valence-corrected chi connectivity index (χ0v) is 7.98. The lowest BCUT2D eigenvalue weighted by molar-refractivity contribution is -0.120. The SMILES string of the molecule is C/C=C/C(C)(C)CC(=O)CC. The quantitative estimate of drug-likeness (QED) is 0.569. The van der Waals surface area contributed by atoms with Crippen LogP contribution in [0.2, 0.25) is 0 Å². The number of carbonyl (C=O) groups excluding carboxylic acids is 1. The average molecular weight is 154 g/mol. The molecule has 0 unspecified atom stereocenters. The minimum atomic E-state index is 0.0435. The van der Waals surface area contributed by atoms with Gasteiger partial charge in [0.2, 0.25) is 0 Å². The van der Waals surface area contributed by atoms with E-state index in [9.17, 15) is 4.79 Å². The van der Waals surface area contributed by atoms with E-state index in [2.05, 4.69) is 19.9 Å². The lowest BCUT2D eigenvalue weighted by Gasteiger charge is -2.18. The van der Waals surface area contributed by atoms with Gasteiger partial charge in [-0.3, -0.25) is 4.79 Å². The average Bonchev–Trinajstić information content (AvgIpc) is 1.86. The summed E-state index contributed by atoms with van der Waals surface area (Å²) < 4.78 is 0. The van der Waals surface area contributed by atoms with E-state index >= 15 is 0 Å². The third-order valence-electron chi connectivity index (χ3n) is 1.66. The lowest BCUT2D eigenvalue weighted by Crippen LogP contribution is -2.13. The number of Topliss-reactive ketones (excluding diaryl/α,β-unsaturated/α-hetero) is 1. The highest BCUT2D eigenvalue weighted by atomic mass is 16.1. The number of ketones is 1. The molecule has 0 saturated carbocycles. The van der Waals surface area contributed by atoms with Crippen molar-refractivity contribution in [2.45, 2.75) is 40.5 Å². The maximum atomic E-state index is 11.1. The third kappa shape index (κ3) is 4.77. The predicted molar refractivity (Wildman–Crippen MR) is 48.5 cm³/mol. The Morgan fingerprint density at radius 2 is 2.00 bits per heavy atom. The molecule has 0 aliphatic carbocycles. The summed E-state index contributed by atoms with van der Waals surface area (Å²) in [6, 6.07) is 0. The van der Waals surface area contributed by atoms with Gasteiger partial charge >= 0.3 is 0 Å². The molecule has 0 N–H and O–H groups in total. The Kier molecular flexibility index (Phi) is 4.09. The highest BCUT2D eigenvalue weighted by Gasteiger charge is 2.16. The van der Waals surface area contributed by atoms with Crippen LogP contribution in [0.4, 0.5) is 0 Å². The normalized spacial score (nSPS) is 12.4. The van der Waals surface area contributed by atoms with E-state index in [1.807, 2.05) is 19.9 Å². The first-order chi connectivity index (χ1) is 5.02. The van der Waals surface area contributed by atoms with Gasteiger partial charge in [0.25, 0.3) is 0 Å². The lowest BCUT2D eigenvalue weighted by atomic mass is 9.86. The monoisotopic (exact) mass is 154 g/mol. The molecule has 0 rings (SSSR count). The number of hydrogen-bond donors (Lipinski definition) is 0. The molecule has 0 atom stereocenters. The first kappa shape index (κ1) is 10.4. The summed E-state index contributed by atoms with van der Waals surface area (Å²) in [6.45, 7) is 8.06. The van der Waals surface area contributed by atoms with Crippen molar-refractivity contribution in [3.8, 4) is 0 Å². The van der Waals surface area contributed by atoms with E-state index in [0.29, 0.717) is 18.6 Å². The Morgan fingerprint density at radius 3 is 2.36 bits per heavy atom. The van der Waals surface area contributed by atoms with E-state index in [0.717, 1.165) is 0 Å². The molecule has 11 heavy (non-hydrogen) atoms. The summed E-state index contributed by atoms with van der Waals surface area (Å²) in [5.74, 6) is 0.341. The molecule has 0 aromatic carbocycles. The van der Waals surface area contributed by atoms with Crippen molar-refractivity contribution in [1.29, 1.82) is 0 Å². The maximum Gasteiger partial charge on any atom is 0.133 e. The van der Waals surface area contributed by atoms with Crippen LogP contribution in [0.3, 0.4) is 0 Å². The van der Waals surface area contributed by atoms with Crippen LogP contribution >= 0.6 is 0 Å². The van der Waals surface area contributed by atoms with Crippen molar-refractivity contribution >= 4 is 5.78 Å². The van der Waals surface area contributed by atoms with Gasteiger partial charge in [0.1, 0.15) is 5.78 Å². The minimum absolute atomic E-state index is 0.0435. The molecule has 1 heteroatoms. The third-order valence-corrected chi connectivity index (χ3v) is 1.66. The minimum Gasteiger partial charge on any atom is -0.300 e. The van der Waals surface area contributed by atoms with E-state index in [-0.39, 0.29) is 5.41 Å². The molecule has 0 amide bonds. The van der Waals surface area contributed by atoms with Gasteiger partial charge < -0.3 is 0 Å². The van der Waals surface area contributed by atoms with Crippen LogP contribution in [0.1, 0.15) is 40.5 Å². The second kappa shape index (κ2) is 4.32. The van der Waals surface area contributed by atoms with Crippen LogP contribution in [-0.4, -0.2) is 5.78 Å². The maximum absolute atomic E-state index is 11.1. The number of rotatable bonds is 4. The first-order valence-corrected chi connectivity index (χ1v) is 4.17. The topological polar surface area (TPSA) is 17.1 Å². The van der Waals surface area contributed by atoms with Crippen LogP contribution in [0, 0.1) is 5.41 Å². The number of allylic oxidation sites excluding steroid dienone is 2. The molecule has 1 nitrogen and oxygen atoms in total. The summed E-state index contributed by atoms with van der Waals surface area (Å²) in [6.07, 6.45) is 5.40. The molecular formula is C10H18O. The second-order valence-corrected chi connectivity index (χ2v) is 3.56. The van der Waals surface area contributed by atoms with Gasteiger partial charge in [-0.15, -0.1) is 0 Å². The predicted octanol–water partition coefficient (Wildman–Crippen LogP) is 2.96. The Hall–Kier alpha value is -0.590. The van der Waals surface area contributed by atoms with Crippen LogP contribution in [0.5, 0.6) is 0 Å². The Labute approximate surface area is 69.5 Å². The van der Waals surface area contributed by atoms with Gasteiger partial charge in [0, 0.05) is 12.8 Å². The molecule has 0 radical (unpaired) electrons. The van der Waals surface area contributed by atoms with E-state index in [1.165, 1.54) is 0 Å². The van der Waals surface area contributed by atoms with E-state index in [1.54, 1.807) is 0 Å². The van der Waals surface area contributed by atoms with Crippen LogP contribution in [0.25, 0.3) is 0 Å². The van der Waals surface area contributed by atoms with Crippen LogP contribution in [-0.2, 0) is 4.79 Å². The molecular weight excluding hydrogens is 136 g/mol. The molecule has 0 bridgehead atoms. The number of hydrogen-bond acceptors (Lipinski definition) is 1. The van der Waals surface area contributed by atoms with Gasteiger partial charge in [-0.2, -0.15) is 0 Å². The summed E-state index contributed by atoms with van der Waals surface area (Å²) in [5.41, 5.74) is 0.0435. The van der Waals surface area contributed by atoms with Crippen LogP contribution < -0.4 is 0 Å². The van der Waals surface area contributed by atoms with Gasteiger partial charge in [0.05, 0.1) is 0 Å². The van der Waals surface area contributed by atoms with Crippen molar-refractivity contribution in [2.24, 2.45) is 5.41 Å². The van der Waals surface area contributed by atoms with Gasteiger partial charge in [-0.05, 0) is 12.3 Å². The molecule has 0 aromatic rings. The first-order valence-electron chi connectivity index (χ1n) is 4.17. The van der Waals surface area contributed by atoms with Crippen molar-refractivity contribution in [2.75, 3.05) is 0 Å². The molecule has 0 saturated heterocycles. The zero-order valence-electron chi connectivity index (χ0n) is 7.98. The van der Waals surface area contributed by atoms with Gasteiger partial charge in [0.15, 0.2) is 0 Å². The fourth-order valence-corrected chi connectivity index (χ4v) is 1.14. The van der Waals surface area contributed by atoms with Crippen molar-refractivity contribution < 1.29 is 4.79 Å². The standard InChI is InChI=1S/C10H18O/c1-5-7-10(3,4)8-9(11)6-2/h5,7H,6,8H2,1-4H3/b7-5+. The summed E-state index contributed by atoms with van der Waals surface area (Å²) in [7, 11) is 0. The highest BCUT2D eigenvalue weighted by molar-refractivity contribution is 5.78. The summed E-state index contributed by atoms with van der Waals surface area (Å²) in [4.78, 5) is 11.1. The van der Waals surface area contributed by atoms with Gasteiger partial charge in [-0.25, -0.2) is 0 Å². The van der Waals surface area contributed by atoms with Crippen molar-refractivity contribution in [3.63, 3.8) is 0 Å². The molecule has 0 spiro atoms. The summed E-state index contributed by atoms with van der Waals surface area (Å²) >= 11 is 0. The second-order valence-electron chi connectivity index (χ2n) is 3.56.